The first-order valence-electron chi connectivity index (χ1n) is 5.78. The molecule has 2 heterocycles. The summed E-state index contributed by atoms with van der Waals surface area (Å²) >= 11 is 1.50. The van der Waals surface area contributed by atoms with Gasteiger partial charge in [0.25, 0.3) is 11.5 Å². The van der Waals surface area contributed by atoms with Crippen LogP contribution in [0.5, 0.6) is 0 Å². The Morgan fingerprint density at radius 3 is 3.10 bits per heavy atom. The third-order valence-corrected chi connectivity index (χ3v) is 3.25. The lowest BCUT2D eigenvalue weighted by Crippen LogP contribution is -2.24. The van der Waals surface area contributed by atoms with E-state index in [9.17, 15) is 9.59 Å². The molecule has 1 amide bonds. The number of aromatic nitrogens is 2. The molecule has 0 fully saturated rings. The molecule has 2 aromatic rings. The maximum absolute atomic E-state index is 11.8. The van der Waals surface area contributed by atoms with E-state index in [0.29, 0.717) is 13.1 Å². The monoisotopic (exact) mass is 288 g/mol. The molecule has 0 saturated heterocycles. The van der Waals surface area contributed by atoms with E-state index >= 15 is 0 Å². The van der Waals surface area contributed by atoms with Crippen LogP contribution in [-0.4, -0.2) is 22.4 Å². The van der Waals surface area contributed by atoms with Crippen molar-refractivity contribution < 1.29 is 4.79 Å². The molecule has 0 aliphatic heterocycles. The summed E-state index contributed by atoms with van der Waals surface area (Å²) in [6.07, 6.45) is 2.35. The van der Waals surface area contributed by atoms with Gasteiger partial charge < -0.3 is 16.0 Å². The first-order valence-corrected chi connectivity index (χ1v) is 6.66. The van der Waals surface area contributed by atoms with Crippen LogP contribution in [0.2, 0.25) is 0 Å². The number of carbonyl (C=O) groups excluding carboxylic acids is 1. The lowest BCUT2D eigenvalue weighted by atomic mass is 10.3. The highest BCUT2D eigenvalue weighted by molar-refractivity contribution is 7.10. The van der Waals surface area contributed by atoms with Crippen LogP contribution >= 0.6 is 11.3 Å². The lowest BCUT2D eigenvalue weighted by Gasteiger charge is -2.01. The second-order valence-corrected chi connectivity index (χ2v) is 4.78. The molecule has 6 nitrogen and oxygen atoms in total. The third-order valence-electron chi connectivity index (χ3n) is 2.32. The summed E-state index contributed by atoms with van der Waals surface area (Å²) in [5.41, 5.74) is 6.00. The maximum Gasteiger partial charge on any atom is 0.271 e. The second-order valence-electron chi connectivity index (χ2n) is 3.79. The van der Waals surface area contributed by atoms with Crippen LogP contribution in [-0.2, 0) is 6.54 Å². The van der Waals surface area contributed by atoms with E-state index in [1.54, 1.807) is 0 Å². The minimum Gasteiger partial charge on any atom is -0.346 e. The highest BCUT2D eigenvalue weighted by Crippen LogP contribution is 2.13. The fourth-order valence-corrected chi connectivity index (χ4v) is 2.17. The summed E-state index contributed by atoms with van der Waals surface area (Å²) in [6, 6.07) is 1.90. The molecule has 0 aliphatic rings. The van der Waals surface area contributed by atoms with Gasteiger partial charge in [-0.2, -0.15) is 0 Å². The maximum atomic E-state index is 11.8. The molecule has 2 aromatic heterocycles. The van der Waals surface area contributed by atoms with Gasteiger partial charge in [-0.25, -0.2) is 4.98 Å². The van der Waals surface area contributed by atoms with Gasteiger partial charge in [0.15, 0.2) is 0 Å². The molecule has 0 saturated carbocycles. The van der Waals surface area contributed by atoms with Crippen molar-refractivity contribution in [3.05, 3.63) is 50.3 Å². The normalized spacial score (nSPS) is 9.65. The predicted molar refractivity (Wildman–Crippen MR) is 76.3 cm³/mol. The Labute approximate surface area is 119 Å². The molecular formula is C13H12N4O2S. The van der Waals surface area contributed by atoms with Gasteiger partial charge in [-0.05, 0) is 6.07 Å². The number of hydrogen-bond donors (Lipinski definition) is 3. The van der Waals surface area contributed by atoms with Crippen molar-refractivity contribution in [2.24, 2.45) is 5.73 Å². The minimum absolute atomic E-state index is 0.171. The Balaban J connectivity index is 1.94. The van der Waals surface area contributed by atoms with Crippen LogP contribution in [0.3, 0.4) is 0 Å². The average Bonchev–Trinajstić information content (AvgIpc) is 2.91. The molecule has 0 aromatic carbocycles. The van der Waals surface area contributed by atoms with E-state index in [2.05, 4.69) is 27.1 Å². The fraction of sp³-hybridized carbons (Fsp3) is 0.154. The quantitative estimate of drug-likeness (QED) is 0.696. The number of rotatable bonds is 3. The number of hydrogen-bond acceptors (Lipinski definition) is 5. The molecule has 4 N–H and O–H groups in total. The van der Waals surface area contributed by atoms with E-state index in [1.807, 2.05) is 11.4 Å². The molecule has 2 rings (SSSR count). The summed E-state index contributed by atoms with van der Waals surface area (Å²) in [6.45, 7) is 0.703. The summed E-state index contributed by atoms with van der Waals surface area (Å²) in [7, 11) is 0. The second kappa shape index (κ2) is 6.65. The van der Waals surface area contributed by atoms with Crippen molar-refractivity contribution in [2.45, 2.75) is 6.54 Å². The lowest BCUT2D eigenvalue weighted by molar-refractivity contribution is 0.0946. The zero-order chi connectivity index (χ0) is 14.4. The number of thiophene rings is 1. The predicted octanol–water partition coefficient (Wildman–Crippen LogP) is 0.0716. The van der Waals surface area contributed by atoms with Crippen LogP contribution in [0.15, 0.2) is 28.6 Å². The molecule has 102 valence electrons. The molecule has 0 radical (unpaired) electrons. The molecular weight excluding hydrogens is 276 g/mol. The Hall–Kier alpha value is -2.43. The third kappa shape index (κ3) is 3.78. The molecule has 0 aliphatic carbocycles. The summed E-state index contributed by atoms with van der Waals surface area (Å²) in [4.78, 5) is 29.7. The zero-order valence-electron chi connectivity index (χ0n) is 10.5. The Bertz CT molecular complexity index is 703. The topological polar surface area (TPSA) is 101 Å². The number of carbonyl (C=O) groups is 1. The first kappa shape index (κ1) is 14.0. The van der Waals surface area contributed by atoms with Gasteiger partial charge in [-0.1, -0.05) is 11.8 Å². The van der Waals surface area contributed by atoms with E-state index in [1.165, 1.54) is 17.5 Å². The van der Waals surface area contributed by atoms with Crippen molar-refractivity contribution in [3.63, 3.8) is 0 Å². The molecule has 0 bridgehead atoms. The number of nitrogens with two attached hydrogens (primary N) is 1. The van der Waals surface area contributed by atoms with Crippen molar-refractivity contribution in [1.82, 2.24) is 15.3 Å². The molecule has 0 atom stereocenters. The zero-order valence-corrected chi connectivity index (χ0v) is 11.3. The number of H-pyrrole nitrogens is 1. The van der Waals surface area contributed by atoms with Gasteiger partial charge in [-0.15, -0.1) is 11.3 Å². The average molecular weight is 288 g/mol. The summed E-state index contributed by atoms with van der Waals surface area (Å²) < 4.78 is 0. The standard InChI is InChI=1S/C13H12N4O2S/c14-3-1-2-9-4-10(20-8-9)5-17-13(19)11-6-16-12(18)7-15-11/h4,6-8H,3,5,14H2,(H,16,18)(H,17,19). The Morgan fingerprint density at radius 2 is 2.40 bits per heavy atom. The Kier molecular flexibility index (Phi) is 4.65. The van der Waals surface area contributed by atoms with Gasteiger partial charge in [0.1, 0.15) is 5.69 Å². The molecule has 7 heteroatoms. The molecule has 0 spiro atoms. The first-order chi connectivity index (χ1) is 9.69. The van der Waals surface area contributed by atoms with Gasteiger partial charge in [0.05, 0.1) is 19.3 Å². The summed E-state index contributed by atoms with van der Waals surface area (Å²) in [5.74, 6) is 5.34. The smallest absolute Gasteiger partial charge is 0.271 e. The summed E-state index contributed by atoms with van der Waals surface area (Å²) in [5, 5.41) is 4.62. The van der Waals surface area contributed by atoms with Crippen LogP contribution < -0.4 is 16.6 Å². The number of nitrogens with zero attached hydrogens (tertiary/aromatic N) is 1. The van der Waals surface area contributed by atoms with E-state index < -0.39 is 0 Å². The largest absolute Gasteiger partial charge is 0.346 e. The van der Waals surface area contributed by atoms with Gasteiger partial charge in [-0.3, -0.25) is 9.59 Å². The van der Waals surface area contributed by atoms with E-state index in [4.69, 9.17) is 5.73 Å². The van der Waals surface area contributed by atoms with Gasteiger partial charge in [0, 0.05) is 22.0 Å². The van der Waals surface area contributed by atoms with Crippen LogP contribution in [0.4, 0.5) is 0 Å². The van der Waals surface area contributed by atoms with Crippen molar-refractivity contribution in [2.75, 3.05) is 6.54 Å². The number of nitrogens with one attached hydrogen (secondary N) is 2. The van der Waals surface area contributed by atoms with Crippen LogP contribution in [0.1, 0.15) is 20.9 Å². The van der Waals surface area contributed by atoms with Gasteiger partial charge in [0.2, 0.25) is 0 Å². The SMILES string of the molecule is NCC#Cc1csc(CNC(=O)c2c[nH]c(=O)cn2)c1. The van der Waals surface area contributed by atoms with E-state index in [-0.39, 0.29) is 17.2 Å². The van der Waals surface area contributed by atoms with E-state index in [0.717, 1.165) is 16.6 Å². The minimum atomic E-state index is -0.345. The highest BCUT2D eigenvalue weighted by atomic mass is 32.1. The fourth-order valence-electron chi connectivity index (χ4n) is 1.42. The highest BCUT2D eigenvalue weighted by Gasteiger charge is 2.07. The Morgan fingerprint density at radius 1 is 1.55 bits per heavy atom. The number of aromatic amines is 1. The van der Waals surface area contributed by atoms with Crippen molar-refractivity contribution in [1.29, 1.82) is 0 Å². The molecule has 0 unspecified atom stereocenters. The van der Waals surface area contributed by atoms with Crippen molar-refractivity contribution in [3.8, 4) is 11.8 Å². The van der Waals surface area contributed by atoms with Crippen LogP contribution in [0, 0.1) is 11.8 Å². The van der Waals surface area contributed by atoms with Gasteiger partial charge >= 0.3 is 0 Å². The molecule has 20 heavy (non-hydrogen) atoms. The van der Waals surface area contributed by atoms with Crippen LogP contribution in [0.25, 0.3) is 0 Å². The van der Waals surface area contributed by atoms with Crippen molar-refractivity contribution >= 4 is 17.2 Å². The number of amides is 1.